The Morgan fingerprint density at radius 1 is 0.667 bits per heavy atom. The zero-order chi connectivity index (χ0) is 14.6. The fourth-order valence-electron chi connectivity index (χ4n) is 2.98. The minimum absolute atomic E-state index is 0.654. The molecule has 2 fully saturated rings. The van der Waals surface area contributed by atoms with Gasteiger partial charge in [0.05, 0.1) is 0 Å². The maximum Gasteiger partial charge on any atom is 0.0205 e. The summed E-state index contributed by atoms with van der Waals surface area (Å²) in [6.45, 7) is 11.2. The number of piperazine rings is 2. The van der Waals surface area contributed by atoms with Gasteiger partial charge in [0.2, 0.25) is 0 Å². The fraction of sp³-hybridized carbons (Fsp3) is 1.00. The van der Waals surface area contributed by atoms with Crippen LogP contribution in [0.25, 0.3) is 0 Å². The molecule has 6 nitrogen and oxygen atoms in total. The molecule has 2 unspecified atom stereocenters. The lowest BCUT2D eigenvalue weighted by atomic mass is 10.1. The SMILES string of the molecule is C(CNCCC1CNCCN1)CNCCC1CNCCN1. The fourth-order valence-corrected chi connectivity index (χ4v) is 2.98. The van der Waals surface area contributed by atoms with Crippen molar-refractivity contribution in [2.75, 3.05) is 65.4 Å². The third-order valence-electron chi connectivity index (χ3n) is 4.30. The predicted octanol–water partition coefficient (Wildman–Crippen LogP) is -1.54. The number of rotatable bonds is 10. The van der Waals surface area contributed by atoms with Crippen LogP contribution in [0, 0.1) is 0 Å². The first-order chi connectivity index (χ1) is 10.4. The van der Waals surface area contributed by atoms with Gasteiger partial charge >= 0.3 is 0 Å². The summed E-state index contributed by atoms with van der Waals surface area (Å²) in [5.74, 6) is 0. The highest BCUT2D eigenvalue weighted by Crippen LogP contribution is 1.93. The van der Waals surface area contributed by atoms with Crippen LogP contribution in [0.4, 0.5) is 0 Å². The van der Waals surface area contributed by atoms with Crippen LogP contribution >= 0.6 is 0 Å². The molecule has 2 saturated heterocycles. The molecule has 2 aliphatic heterocycles. The maximum absolute atomic E-state index is 3.54. The summed E-state index contributed by atoms with van der Waals surface area (Å²) in [5, 5.41) is 21.0. The Morgan fingerprint density at radius 2 is 1.19 bits per heavy atom. The first kappa shape index (κ1) is 17.1. The molecule has 2 atom stereocenters. The summed E-state index contributed by atoms with van der Waals surface area (Å²) >= 11 is 0. The van der Waals surface area contributed by atoms with Crippen LogP contribution in [-0.2, 0) is 0 Å². The summed E-state index contributed by atoms with van der Waals surface area (Å²) in [4.78, 5) is 0. The summed E-state index contributed by atoms with van der Waals surface area (Å²) in [5.41, 5.74) is 0. The van der Waals surface area contributed by atoms with Crippen molar-refractivity contribution >= 4 is 0 Å². The third kappa shape index (κ3) is 8.09. The monoisotopic (exact) mass is 298 g/mol. The van der Waals surface area contributed by atoms with Gasteiger partial charge in [-0.25, -0.2) is 0 Å². The second-order valence-corrected chi connectivity index (χ2v) is 6.14. The Balaban J connectivity index is 1.30. The van der Waals surface area contributed by atoms with E-state index in [9.17, 15) is 0 Å². The lowest BCUT2D eigenvalue weighted by molar-refractivity contribution is 0.388. The number of nitrogens with one attached hydrogen (secondary N) is 6. The standard InChI is InChI=1S/C15H34N6/c1(4-16-6-2-14-12-18-8-10-20-14)5-17-7-3-15-13-19-9-11-21-15/h14-21H,1-13H2. The van der Waals surface area contributed by atoms with Crippen molar-refractivity contribution < 1.29 is 0 Å². The topological polar surface area (TPSA) is 72.2 Å². The van der Waals surface area contributed by atoms with E-state index in [1.807, 2.05) is 0 Å². The van der Waals surface area contributed by atoms with Gasteiger partial charge in [0.1, 0.15) is 0 Å². The molecule has 124 valence electrons. The summed E-state index contributed by atoms with van der Waals surface area (Å²) in [6.07, 6.45) is 3.66. The van der Waals surface area contributed by atoms with Crippen LogP contribution in [0.2, 0.25) is 0 Å². The van der Waals surface area contributed by atoms with E-state index in [1.165, 1.54) is 19.3 Å². The third-order valence-corrected chi connectivity index (χ3v) is 4.30. The van der Waals surface area contributed by atoms with Crippen LogP contribution in [0.3, 0.4) is 0 Å². The van der Waals surface area contributed by atoms with Gasteiger partial charge in [-0.05, 0) is 45.4 Å². The van der Waals surface area contributed by atoms with Crippen molar-refractivity contribution in [3.63, 3.8) is 0 Å². The molecule has 0 bridgehead atoms. The summed E-state index contributed by atoms with van der Waals surface area (Å²) in [7, 11) is 0. The summed E-state index contributed by atoms with van der Waals surface area (Å²) in [6, 6.07) is 1.31. The van der Waals surface area contributed by atoms with E-state index in [-0.39, 0.29) is 0 Å². The lowest BCUT2D eigenvalue weighted by Crippen LogP contribution is -2.49. The first-order valence-electron chi connectivity index (χ1n) is 8.75. The van der Waals surface area contributed by atoms with E-state index < -0.39 is 0 Å². The van der Waals surface area contributed by atoms with Gasteiger partial charge in [0.25, 0.3) is 0 Å². The Kier molecular flexibility index (Phi) is 9.25. The van der Waals surface area contributed by atoms with Crippen LogP contribution in [0.5, 0.6) is 0 Å². The molecule has 2 rings (SSSR count). The first-order valence-corrected chi connectivity index (χ1v) is 8.75. The van der Waals surface area contributed by atoms with Crippen molar-refractivity contribution in [3.8, 4) is 0 Å². The van der Waals surface area contributed by atoms with Crippen LogP contribution in [0.15, 0.2) is 0 Å². The average molecular weight is 298 g/mol. The normalized spacial score (nSPS) is 26.9. The van der Waals surface area contributed by atoms with Gasteiger partial charge in [-0.3, -0.25) is 0 Å². The molecular formula is C15H34N6. The molecule has 0 aliphatic carbocycles. The molecule has 0 aromatic heterocycles. The number of hydrogen-bond donors (Lipinski definition) is 6. The maximum atomic E-state index is 3.54. The molecule has 0 aromatic carbocycles. The smallest absolute Gasteiger partial charge is 0.0205 e. The van der Waals surface area contributed by atoms with Gasteiger partial charge in [-0.1, -0.05) is 0 Å². The largest absolute Gasteiger partial charge is 0.317 e. The van der Waals surface area contributed by atoms with Crippen molar-refractivity contribution in [3.05, 3.63) is 0 Å². The molecule has 2 heterocycles. The Bertz CT molecular complexity index is 214. The highest BCUT2D eigenvalue weighted by molar-refractivity contribution is 4.76. The van der Waals surface area contributed by atoms with Crippen molar-refractivity contribution in [1.82, 2.24) is 31.9 Å². The molecule has 0 saturated carbocycles. The molecule has 0 spiro atoms. The molecular weight excluding hydrogens is 264 g/mol. The van der Waals surface area contributed by atoms with E-state index in [1.54, 1.807) is 0 Å². The van der Waals surface area contributed by atoms with Crippen molar-refractivity contribution in [2.45, 2.75) is 31.3 Å². The zero-order valence-electron chi connectivity index (χ0n) is 13.3. The van der Waals surface area contributed by atoms with Crippen molar-refractivity contribution in [1.29, 1.82) is 0 Å². The molecule has 0 aromatic rings. The highest BCUT2D eigenvalue weighted by Gasteiger charge is 2.11. The van der Waals surface area contributed by atoms with Gasteiger partial charge in [-0.2, -0.15) is 0 Å². The van der Waals surface area contributed by atoms with E-state index in [0.29, 0.717) is 12.1 Å². The molecule has 6 N–H and O–H groups in total. The minimum atomic E-state index is 0.654. The van der Waals surface area contributed by atoms with Crippen LogP contribution in [-0.4, -0.2) is 77.5 Å². The van der Waals surface area contributed by atoms with E-state index in [4.69, 9.17) is 0 Å². The van der Waals surface area contributed by atoms with E-state index in [0.717, 1.165) is 65.4 Å². The molecule has 2 aliphatic rings. The van der Waals surface area contributed by atoms with Crippen LogP contribution < -0.4 is 31.9 Å². The zero-order valence-corrected chi connectivity index (χ0v) is 13.3. The summed E-state index contributed by atoms with van der Waals surface area (Å²) < 4.78 is 0. The molecule has 6 heteroatoms. The van der Waals surface area contributed by atoms with Crippen molar-refractivity contribution in [2.24, 2.45) is 0 Å². The van der Waals surface area contributed by atoms with Gasteiger partial charge in [0.15, 0.2) is 0 Å². The Hall–Kier alpha value is -0.240. The number of hydrogen-bond acceptors (Lipinski definition) is 6. The quantitative estimate of drug-likeness (QED) is 0.275. The molecule has 0 amide bonds. The average Bonchev–Trinajstić information content (AvgIpc) is 2.55. The highest BCUT2D eigenvalue weighted by atomic mass is 15.1. The second-order valence-electron chi connectivity index (χ2n) is 6.14. The van der Waals surface area contributed by atoms with Crippen LogP contribution in [0.1, 0.15) is 19.3 Å². The molecule has 0 radical (unpaired) electrons. The molecule has 21 heavy (non-hydrogen) atoms. The second kappa shape index (κ2) is 11.3. The predicted molar refractivity (Wildman–Crippen MR) is 88.9 cm³/mol. The van der Waals surface area contributed by atoms with Gasteiger partial charge in [0, 0.05) is 51.4 Å². The lowest BCUT2D eigenvalue weighted by Gasteiger charge is -2.24. The Morgan fingerprint density at radius 3 is 1.62 bits per heavy atom. The van der Waals surface area contributed by atoms with E-state index in [2.05, 4.69) is 31.9 Å². The minimum Gasteiger partial charge on any atom is -0.317 e. The Labute approximate surface area is 129 Å². The van der Waals surface area contributed by atoms with E-state index >= 15 is 0 Å². The van der Waals surface area contributed by atoms with Gasteiger partial charge in [-0.15, -0.1) is 0 Å². The van der Waals surface area contributed by atoms with Gasteiger partial charge < -0.3 is 31.9 Å².